The number of carbonyl (C=O) groups is 1. The van der Waals surface area contributed by atoms with Crippen molar-refractivity contribution in [1.82, 2.24) is 5.32 Å². The molecule has 2 atom stereocenters. The number of hydrogen-bond acceptors (Lipinski definition) is 4. The normalized spacial score (nSPS) is 21.8. The van der Waals surface area contributed by atoms with Gasteiger partial charge in [-0.2, -0.15) is 0 Å². The van der Waals surface area contributed by atoms with E-state index >= 15 is 0 Å². The van der Waals surface area contributed by atoms with Gasteiger partial charge in [0.05, 0.1) is 5.69 Å². The van der Waals surface area contributed by atoms with E-state index in [1.807, 2.05) is 18.2 Å². The number of halogens is 1. The molecule has 1 aliphatic rings. The number of nitrogens with one attached hydrogen (secondary N) is 1. The Bertz CT molecular complexity index is 686. The van der Waals surface area contributed by atoms with Crippen LogP contribution in [0.15, 0.2) is 22.7 Å². The average Bonchev–Trinajstić information content (AvgIpc) is 3.04. The van der Waals surface area contributed by atoms with E-state index in [-0.39, 0.29) is 24.5 Å². The summed E-state index contributed by atoms with van der Waals surface area (Å²) >= 11 is 4.89. The van der Waals surface area contributed by atoms with Crippen molar-refractivity contribution in [2.24, 2.45) is 5.92 Å². The highest BCUT2D eigenvalue weighted by Crippen LogP contribution is 2.38. The summed E-state index contributed by atoms with van der Waals surface area (Å²) in [6, 6.07) is 5.87. The molecule has 4 N–H and O–H groups in total. The number of amides is 1. The van der Waals surface area contributed by atoms with Crippen molar-refractivity contribution in [2.75, 3.05) is 12.3 Å². The Morgan fingerprint density at radius 2 is 2.29 bits per heavy atom. The lowest BCUT2D eigenvalue weighted by molar-refractivity contribution is 0.0921. The van der Waals surface area contributed by atoms with Crippen LogP contribution in [0, 0.1) is 5.92 Å². The van der Waals surface area contributed by atoms with Crippen molar-refractivity contribution in [3.63, 3.8) is 0 Å². The molecule has 1 fully saturated rings. The number of carbonyl (C=O) groups excluding carboxylic acids is 1. The first-order valence-corrected chi connectivity index (χ1v) is 8.61. The predicted octanol–water partition coefficient (Wildman–Crippen LogP) is 3.14. The monoisotopic (exact) mass is 368 g/mol. The van der Waals surface area contributed by atoms with Gasteiger partial charge in [-0.25, -0.2) is 0 Å². The molecule has 0 bridgehead atoms. The third kappa shape index (κ3) is 2.67. The number of nitrogens with two attached hydrogens (primary N) is 1. The second-order valence-electron chi connectivity index (χ2n) is 5.41. The van der Waals surface area contributed by atoms with Gasteiger partial charge in [-0.1, -0.05) is 28.4 Å². The lowest BCUT2D eigenvalue weighted by Crippen LogP contribution is -2.38. The summed E-state index contributed by atoms with van der Waals surface area (Å²) in [6.07, 6.45) is 2.93. The maximum Gasteiger partial charge on any atom is 0.263 e. The lowest BCUT2D eigenvalue weighted by atomic mass is 10.1. The smallest absolute Gasteiger partial charge is 0.263 e. The molecule has 1 aromatic carbocycles. The van der Waals surface area contributed by atoms with Crippen LogP contribution in [0.25, 0.3) is 10.1 Å². The van der Waals surface area contributed by atoms with Crippen molar-refractivity contribution in [1.29, 1.82) is 0 Å². The molecule has 0 aliphatic heterocycles. The summed E-state index contributed by atoms with van der Waals surface area (Å²) < 4.78 is 1.90. The van der Waals surface area contributed by atoms with E-state index in [4.69, 9.17) is 5.73 Å². The topological polar surface area (TPSA) is 75.4 Å². The highest BCUT2D eigenvalue weighted by molar-refractivity contribution is 9.10. The molecule has 0 spiro atoms. The fraction of sp³-hybridized carbons (Fsp3) is 0.400. The minimum atomic E-state index is -0.133. The first-order valence-electron chi connectivity index (χ1n) is 7.00. The quantitative estimate of drug-likeness (QED) is 0.778. The summed E-state index contributed by atoms with van der Waals surface area (Å²) in [5, 5.41) is 13.3. The van der Waals surface area contributed by atoms with E-state index in [2.05, 4.69) is 21.2 Å². The largest absolute Gasteiger partial charge is 0.397 e. The van der Waals surface area contributed by atoms with Gasteiger partial charge in [0.2, 0.25) is 0 Å². The van der Waals surface area contributed by atoms with Gasteiger partial charge < -0.3 is 16.2 Å². The van der Waals surface area contributed by atoms with Gasteiger partial charge in [0, 0.05) is 33.1 Å². The number of rotatable bonds is 3. The molecule has 3 rings (SSSR count). The highest BCUT2D eigenvalue weighted by Gasteiger charge is 2.29. The molecule has 2 unspecified atom stereocenters. The summed E-state index contributed by atoms with van der Waals surface area (Å²) in [6.45, 7) is 0.123. The zero-order chi connectivity index (χ0) is 15.0. The van der Waals surface area contributed by atoms with E-state index in [0.717, 1.165) is 33.8 Å². The fourth-order valence-electron chi connectivity index (χ4n) is 2.98. The van der Waals surface area contributed by atoms with Crippen molar-refractivity contribution < 1.29 is 9.90 Å². The number of aliphatic hydroxyl groups is 1. The average molecular weight is 369 g/mol. The zero-order valence-electron chi connectivity index (χ0n) is 11.4. The number of anilines is 1. The molecule has 1 amide bonds. The van der Waals surface area contributed by atoms with E-state index in [1.165, 1.54) is 11.3 Å². The van der Waals surface area contributed by atoms with Crippen molar-refractivity contribution in [3.05, 3.63) is 27.5 Å². The van der Waals surface area contributed by atoms with Crippen LogP contribution in [0.5, 0.6) is 0 Å². The first-order chi connectivity index (χ1) is 10.1. The maximum absolute atomic E-state index is 12.5. The Morgan fingerprint density at radius 1 is 1.48 bits per heavy atom. The van der Waals surface area contributed by atoms with Gasteiger partial charge in [0.15, 0.2) is 0 Å². The maximum atomic E-state index is 12.5. The molecule has 0 saturated heterocycles. The molecule has 1 aliphatic carbocycles. The van der Waals surface area contributed by atoms with Crippen LogP contribution in [-0.4, -0.2) is 23.7 Å². The van der Waals surface area contributed by atoms with Crippen LogP contribution in [0.1, 0.15) is 28.9 Å². The van der Waals surface area contributed by atoms with Crippen LogP contribution in [0.4, 0.5) is 5.69 Å². The van der Waals surface area contributed by atoms with E-state index in [1.54, 1.807) is 0 Å². The van der Waals surface area contributed by atoms with Gasteiger partial charge in [-0.3, -0.25) is 4.79 Å². The van der Waals surface area contributed by atoms with Crippen LogP contribution >= 0.6 is 27.3 Å². The minimum absolute atomic E-state index is 0.0514. The molecule has 21 heavy (non-hydrogen) atoms. The Hall–Kier alpha value is -1.11. The number of aliphatic hydroxyl groups excluding tert-OH is 1. The number of fused-ring (bicyclic) bond motifs is 1. The molecule has 6 heteroatoms. The van der Waals surface area contributed by atoms with Gasteiger partial charge >= 0.3 is 0 Å². The Balaban J connectivity index is 1.88. The van der Waals surface area contributed by atoms with Crippen molar-refractivity contribution in [3.8, 4) is 0 Å². The van der Waals surface area contributed by atoms with E-state index < -0.39 is 0 Å². The minimum Gasteiger partial charge on any atom is -0.397 e. The molecule has 1 heterocycles. The first kappa shape index (κ1) is 14.8. The molecular formula is C15H17BrN2O2S. The van der Waals surface area contributed by atoms with Gasteiger partial charge in [0.25, 0.3) is 5.91 Å². The standard InChI is InChI=1S/C15H17BrN2O2S/c16-9-4-2-6-11-12(9)13(17)14(21-11)15(20)18-10-5-1-3-8(10)7-19/h2,4,6,8,10,19H,1,3,5,7,17H2,(H,18,20). The summed E-state index contributed by atoms with van der Waals surface area (Å²) in [4.78, 5) is 13.0. The molecular weight excluding hydrogens is 352 g/mol. The summed E-state index contributed by atoms with van der Waals surface area (Å²) in [5.74, 6) is 0.0299. The molecule has 0 radical (unpaired) electrons. The molecule has 2 aromatic rings. The second kappa shape index (κ2) is 5.94. The van der Waals surface area contributed by atoms with Crippen LogP contribution < -0.4 is 11.1 Å². The van der Waals surface area contributed by atoms with Crippen molar-refractivity contribution >= 4 is 48.9 Å². The summed E-state index contributed by atoms with van der Waals surface area (Å²) in [7, 11) is 0. The Morgan fingerprint density at radius 3 is 3.00 bits per heavy atom. The number of hydrogen-bond donors (Lipinski definition) is 3. The van der Waals surface area contributed by atoms with E-state index in [9.17, 15) is 9.90 Å². The SMILES string of the molecule is Nc1c(C(=O)NC2CCCC2CO)sc2cccc(Br)c12. The summed E-state index contributed by atoms with van der Waals surface area (Å²) in [5.41, 5.74) is 6.68. The molecule has 4 nitrogen and oxygen atoms in total. The second-order valence-corrected chi connectivity index (χ2v) is 7.32. The number of nitrogen functional groups attached to an aromatic ring is 1. The third-order valence-electron chi connectivity index (χ3n) is 4.12. The molecule has 1 aromatic heterocycles. The number of benzene rings is 1. The molecule has 112 valence electrons. The van der Waals surface area contributed by atoms with Gasteiger partial charge in [0.1, 0.15) is 4.88 Å². The van der Waals surface area contributed by atoms with Gasteiger partial charge in [-0.05, 0) is 25.0 Å². The number of thiophene rings is 1. The van der Waals surface area contributed by atoms with Crippen molar-refractivity contribution in [2.45, 2.75) is 25.3 Å². The molecule has 1 saturated carbocycles. The third-order valence-corrected chi connectivity index (χ3v) is 5.95. The van der Waals surface area contributed by atoms with Crippen LogP contribution in [0.2, 0.25) is 0 Å². The predicted molar refractivity (Wildman–Crippen MR) is 89.6 cm³/mol. The lowest BCUT2D eigenvalue weighted by Gasteiger charge is -2.18. The fourth-order valence-corrected chi connectivity index (χ4v) is 4.74. The highest BCUT2D eigenvalue weighted by atomic mass is 79.9. The van der Waals surface area contributed by atoms with Crippen LogP contribution in [-0.2, 0) is 0 Å². The van der Waals surface area contributed by atoms with Crippen LogP contribution in [0.3, 0.4) is 0 Å². The van der Waals surface area contributed by atoms with E-state index in [0.29, 0.717) is 10.6 Å². The van der Waals surface area contributed by atoms with Gasteiger partial charge in [-0.15, -0.1) is 11.3 Å². The zero-order valence-corrected chi connectivity index (χ0v) is 13.8. The Kier molecular flexibility index (Phi) is 4.19. The Labute approximate surface area is 135 Å².